The van der Waals surface area contributed by atoms with Gasteiger partial charge in [-0.25, -0.2) is 34.8 Å². The first kappa shape index (κ1) is 31.8. The lowest BCUT2D eigenvalue weighted by Gasteiger charge is -2.35. The van der Waals surface area contributed by atoms with Crippen molar-refractivity contribution in [2.45, 2.75) is 55.4 Å². The molecule has 2 aromatic carbocycles. The highest BCUT2D eigenvalue weighted by atomic mass is 32.2. The second-order valence-electron chi connectivity index (χ2n) is 12.2. The second kappa shape index (κ2) is 12.8. The fraction of sp³-hybridized carbons (Fsp3) is 0.567. The first-order chi connectivity index (χ1) is 20.4. The van der Waals surface area contributed by atoms with Gasteiger partial charge in [-0.2, -0.15) is 0 Å². The van der Waals surface area contributed by atoms with E-state index in [-0.39, 0.29) is 30.0 Å². The van der Waals surface area contributed by atoms with Crippen LogP contribution in [0.5, 0.6) is 0 Å². The third-order valence-electron chi connectivity index (χ3n) is 9.20. The first-order valence-electron chi connectivity index (χ1n) is 14.5. The molecule has 6 nitrogen and oxygen atoms in total. The van der Waals surface area contributed by atoms with Crippen molar-refractivity contribution in [2.75, 3.05) is 38.5 Å². The van der Waals surface area contributed by atoms with Gasteiger partial charge >= 0.3 is 5.97 Å². The molecule has 0 amide bonds. The quantitative estimate of drug-likeness (QED) is 0.156. The number of likely N-dealkylation sites (tertiary alicyclic amines) is 2. The molecule has 43 heavy (non-hydrogen) atoms. The number of carbonyl (C=O) groups is 1. The van der Waals surface area contributed by atoms with E-state index in [0.717, 1.165) is 18.4 Å². The van der Waals surface area contributed by atoms with Crippen molar-refractivity contribution in [1.82, 2.24) is 9.80 Å². The lowest BCUT2D eigenvalue weighted by atomic mass is 9.87. The van der Waals surface area contributed by atoms with Crippen molar-refractivity contribution in [3.05, 3.63) is 64.7 Å². The van der Waals surface area contributed by atoms with Gasteiger partial charge in [0.15, 0.2) is 33.1 Å². The zero-order valence-electron chi connectivity index (χ0n) is 23.4. The van der Waals surface area contributed by atoms with Gasteiger partial charge in [0, 0.05) is 25.6 Å². The zero-order chi connectivity index (χ0) is 31.1. The molecule has 0 bridgehead atoms. The number of aliphatic carboxylic acids is 1. The number of benzene rings is 2. The van der Waals surface area contributed by atoms with E-state index in [1.807, 2.05) is 11.0 Å². The third-order valence-corrected chi connectivity index (χ3v) is 11.0. The molecule has 3 aliphatic rings. The highest BCUT2D eigenvalue weighted by molar-refractivity contribution is 7.91. The van der Waals surface area contributed by atoms with Crippen LogP contribution in [0, 0.1) is 52.7 Å². The summed E-state index contributed by atoms with van der Waals surface area (Å²) in [5.41, 5.74) is 0.816. The Kier molecular flexibility index (Phi) is 9.43. The molecular formula is C30H34F6N2O4S. The lowest BCUT2D eigenvalue weighted by molar-refractivity contribution is -0.143. The van der Waals surface area contributed by atoms with Crippen LogP contribution in [0.25, 0.3) is 0 Å². The lowest BCUT2D eigenvalue weighted by Crippen LogP contribution is -2.42. The summed E-state index contributed by atoms with van der Waals surface area (Å²) < 4.78 is 108. The van der Waals surface area contributed by atoms with E-state index >= 15 is 0 Å². The van der Waals surface area contributed by atoms with E-state index < -0.39 is 61.6 Å². The van der Waals surface area contributed by atoms with Crippen LogP contribution in [-0.2, 0) is 14.6 Å². The number of piperidine rings is 1. The van der Waals surface area contributed by atoms with Crippen LogP contribution < -0.4 is 0 Å². The molecule has 2 saturated heterocycles. The minimum absolute atomic E-state index is 0.000248. The number of rotatable bonds is 11. The molecule has 1 N–H and O–H groups in total. The summed E-state index contributed by atoms with van der Waals surface area (Å²) in [5.74, 6) is -13.4. The van der Waals surface area contributed by atoms with Gasteiger partial charge in [0.2, 0.25) is 5.82 Å². The molecule has 5 rings (SSSR count). The van der Waals surface area contributed by atoms with Gasteiger partial charge in [-0.05, 0) is 74.2 Å². The molecule has 236 valence electrons. The number of carboxylic acid groups (broad SMARTS) is 1. The molecule has 3 fully saturated rings. The molecule has 0 spiro atoms. The van der Waals surface area contributed by atoms with E-state index in [2.05, 4.69) is 4.90 Å². The smallest absolute Gasteiger partial charge is 0.320 e. The summed E-state index contributed by atoms with van der Waals surface area (Å²) in [6.45, 7) is 2.85. The standard InChI is InChI=1S/C30H34F6N2O4S/c31-21-3-1-2-19(13-21)22-16-38(23(30(39)40)12-18-4-5-18)15-20(22)14-37-9-6-17(7-10-37)8-11-43(41,42)29-27(35)25(33)24(32)26(34)28(29)36/h1-3,13,17-18,20,22-23H,4-12,14-16H2,(H,39,40)/t20-,22+,23+/m0/s1. The molecule has 0 unspecified atom stereocenters. The Bertz CT molecular complexity index is 1430. The highest BCUT2D eigenvalue weighted by Gasteiger charge is 2.42. The first-order valence-corrected chi connectivity index (χ1v) is 16.2. The fourth-order valence-corrected chi connectivity index (χ4v) is 8.18. The third kappa shape index (κ3) is 7.04. The number of hydrogen-bond donors (Lipinski definition) is 1. The molecule has 2 aromatic rings. The van der Waals surface area contributed by atoms with E-state index in [0.29, 0.717) is 57.9 Å². The Morgan fingerprint density at radius 3 is 2.09 bits per heavy atom. The van der Waals surface area contributed by atoms with Crippen LogP contribution in [0.3, 0.4) is 0 Å². The van der Waals surface area contributed by atoms with Gasteiger partial charge in [0.25, 0.3) is 0 Å². The van der Waals surface area contributed by atoms with Gasteiger partial charge in [-0.3, -0.25) is 9.69 Å². The van der Waals surface area contributed by atoms with Crippen molar-refractivity contribution in [3.63, 3.8) is 0 Å². The number of carboxylic acids is 1. The van der Waals surface area contributed by atoms with E-state index in [1.54, 1.807) is 6.07 Å². The van der Waals surface area contributed by atoms with Crippen LogP contribution in [0.15, 0.2) is 29.2 Å². The van der Waals surface area contributed by atoms with E-state index in [9.17, 15) is 44.7 Å². The van der Waals surface area contributed by atoms with Crippen LogP contribution in [0.4, 0.5) is 26.3 Å². The number of nitrogens with zero attached hydrogens (tertiary/aromatic N) is 2. The van der Waals surface area contributed by atoms with Gasteiger partial charge < -0.3 is 10.0 Å². The Morgan fingerprint density at radius 2 is 1.51 bits per heavy atom. The average Bonchev–Trinajstić information content (AvgIpc) is 3.70. The van der Waals surface area contributed by atoms with Crippen molar-refractivity contribution >= 4 is 15.8 Å². The minimum atomic E-state index is -4.78. The molecule has 0 radical (unpaired) electrons. The van der Waals surface area contributed by atoms with Gasteiger partial charge in [0.05, 0.1) is 5.75 Å². The average molecular weight is 633 g/mol. The Labute approximate surface area is 246 Å². The molecule has 3 atom stereocenters. The van der Waals surface area contributed by atoms with Crippen LogP contribution in [0.1, 0.15) is 50.0 Å². The minimum Gasteiger partial charge on any atom is -0.480 e. The Hall–Kier alpha value is -2.64. The summed E-state index contributed by atoms with van der Waals surface area (Å²) >= 11 is 0. The van der Waals surface area contributed by atoms with Crippen molar-refractivity contribution in [2.24, 2.45) is 17.8 Å². The number of hydrogen-bond acceptors (Lipinski definition) is 5. The molecule has 1 aliphatic carbocycles. The molecule has 2 heterocycles. The summed E-state index contributed by atoms with van der Waals surface area (Å²) in [6.07, 6.45) is 3.79. The molecule has 1 saturated carbocycles. The van der Waals surface area contributed by atoms with Crippen molar-refractivity contribution in [1.29, 1.82) is 0 Å². The largest absolute Gasteiger partial charge is 0.480 e. The number of halogens is 6. The maximum absolute atomic E-state index is 14.1. The van der Waals surface area contributed by atoms with Crippen LogP contribution in [-0.4, -0.2) is 73.8 Å². The molecule has 0 aromatic heterocycles. The summed E-state index contributed by atoms with van der Waals surface area (Å²) in [7, 11) is -4.78. The summed E-state index contributed by atoms with van der Waals surface area (Å²) in [5, 5.41) is 9.95. The van der Waals surface area contributed by atoms with E-state index in [1.165, 1.54) is 12.1 Å². The normalized spacial score (nSPS) is 23.1. The molecule has 13 heteroatoms. The monoisotopic (exact) mass is 632 g/mol. The van der Waals surface area contributed by atoms with E-state index in [4.69, 9.17) is 0 Å². The summed E-state index contributed by atoms with van der Waals surface area (Å²) in [4.78, 5) is 14.5. The predicted molar refractivity (Wildman–Crippen MR) is 145 cm³/mol. The Morgan fingerprint density at radius 1 is 0.884 bits per heavy atom. The van der Waals surface area contributed by atoms with Gasteiger partial charge in [-0.1, -0.05) is 25.0 Å². The topological polar surface area (TPSA) is 77.9 Å². The maximum atomic E-state index is 14.1. The van der Waals surface area contributed by atoms with Crippen molar-refractivity contribution < 1.29 is 44.7 Å². The second-order valence-corrected chi connectivity index (χ2v) is 14.2. The van der Waals surface area contributed by atoms with Crippen molar-refractivity contribution in [3.8, 4) is 0 Å². The number of sulfone groups is 1. The summed E-state index contributed by atoms with van der Waals surface area (Å²) in [6, 6.07) is 5.77. The molecular weight excluding hydrogens is 598 g/mol. The zero-order valence-corrected chi connectivity index (χ0v) is 24.2. The van der Waals surface area contributed by atoms with Gasteiger partial charge in [0.1, 0.15) is 16.8 Å². The van der Waals surface area contributed by atoms with Crippen LogP contribution in [0.2, 0.25) is 0 Å². The van der Waals surface area contributed by atoms with Crippen LogP contribution >= 0.6 is 0 Å². The fourth-order valence-electron chi connectivity index (χ4n) is 6.61. The molecule has 2 aliphatic heterocycles. The maximum Gasteiger partial charge on any atom is 0.320 e. The Balaban J connectivity index is 1.21. The SMILES string of the molecule is O=C(O)[C@@H](CC1CC1)N1C[C@H](CN2CCC(CCS(=O)(=O)c3c(F)c(F)c(F)c(F)c3F)CC2)[C@@H](c2cccc(F)c2)C1. The highest BCUT2D eigenvalue weighted by Crippen LogP contribution is 2.40. The predicted octanol–water partition coefficient (Wildman–Crippen LogP) is 5.37. The van der Waals surface area contributed by atoms with Gasteiger partial charge in [-0.15, -0.1) is 0 Å².